The Kier molecular flexibility index (Phi) is 5.86. The van der Waals surface area contributed by atoms with Gasteiger partial charge in [0.1, 0.15) is 11.3 Å². The van der Waals surface area contributed by atoms with Gasteiger partial charge in [-0.2, -0.15) is 0 Å². The molecule has 0 saturated heterocycles. The Morgan fingerprint density at radius 1 is 1.12 bits per heavy atom. The molecule has 7 heteroatoms. The van der Waals surface area contributed by atoms with Gasteiger partial charge in [0, 0.05) is 16.5 Å². The van der Waals surface area contributed by atoms with Gasteiger partial charge in [-0.3, -0.25) is 9.59 Å². The van der Waals surface area contributed by atoms with Crippen molar-refractivity contribution in [1.82, 2.24) is 4.90 Å². The van der Waals surface area contributed by atoms with E-state index in [0.29, 0.717) is 21.7 Å². The molecule has 1 N–H and O–H groups in total. The number of amides is 1. The second kappa shape index (κ2) is 8.84. The quantitative estimate of drug-likeness (QED) is 0.414. The minimum absolute atomic E-state index is 0.0246. The van der Waals surface area contributed by atoms with Gasteiger partial charge in [-0.15, -0.1) is 0 Å². The van der Waals surface area contributed by atoms with Gasteiger partial charge in [0.15, 0.2) is 11.5 Å². The van der Waals surface area contributed by atoms with Gasteiger partial charge in [-0.05, 0) is 68.7 Å². The van der Waals surface area contributed by atoms with Gasteiger partial charge < -0.3 is 19.2 Å². The van der Waals surface area contributed by atoms with Crippen molar-refractivity contribution >= 4 is 34.3 Å². The highest BCUT2D eigenvalue weighted by molar-refractivity contribution is 6.31. The van der Waals surface area contributed by atoms with E-state index in [1.165, 1.54) is 0 Å². The van der Waals surface area contributed by atoms with Crippen molar-refractivity contribution in [3.8, 4) is 5.75 Å². The molecule has 1 aliphatic heterocycles. The first-order valence-electron chi connectivity index (χ1n) is 11.6. The van der Waals surface area contributed by atoms with E-state index in [-0.39, 0.29) is 23.5 Å². The fourth-order valence-corrected chi connectivity index (χ4v) is 5.18. The summed E-state index contributed by atoms with van der Waals surface area (Å²) in [7, 11) is 0. The van der Waals surface area contributed by atoms with Crippen LogP contribution in [0.2, 0.25) is 5.02 Å². The molecule has 1 amide bonds. The van der Waals surface area contributed by atoms with Crippen LogP contribution in [-0.4, -0.2) is 33.8 Å². The Morgan fingerprint density at radius 2 is 1.82 bits per heavy atom. The number of benzene rings is 2. The lowest BCUT2D eigenvalue weighted by molar-refractivity contribution is -0.131. The summed E-state index contributed by atoms with van der Waals surface area (Å²) >= 11 is 6.08. The molecule has 34 heavy (non-hydrogen) atoms. The van der Waals surface area contributed by atoms with Crippen molar-refractivity contribution < 1.29 is 23.8 Å². The van der Waals surface area contributed by atoms with Gasteiger partial charge in [0.25, 0.3) is 5.91 Å². The molecule has 3 aromatic rings. The summed E-state index contributed by atoms with van der Waals surface area (Å²) in [5.74, 6) is -0.772. The Labute approximate surface area is 202 Å². The first-order chi connectivity index (χ1) is 16.3. The van der Waals surface area contributed by atoms with E-state index >= 15 is 0 Å². The number of fused-ring (bicyclic) bond motifs is 1. The lowest BCUT2D eigenvalue weighted by Gasteiger charge is -2.32. The first-order valence-corrected chi connectivity index (χ1v) is 12.0. The van der Waals surface area contributed by atoms with E-state index in [1.807, 2.05) is 38.1 Å². The number of ether oxygens (including phenoxy) is 1. The van der Waals surface area contributed by atoms with Gasteiger partial charge in [-0.1, -0.05) is 36.6 Å². The number of hydrogen-bond donors (Lipinski definition) is 1. The van der Waals surface area contributed by atoms with Crippen molar-refractivity contribution in [2.24, 2.45) is 0 Å². The molecule has 1 aliphatic carbocycles. The normalized spacial score (nSPS) is 19.1. The number of aliphatic hydroxyl groups excluding tert-OH is 1. The number of carbonyl (C=O) groups is 2. The Balaban J connectivity index is 1.57. The minimum Gasteiger partial charge on any atom is -0.503 e. The first kappa shape index (κ1) is 22.5. The average Bonchev–Trinajstić information content (AvgIpc) is 3.52. The van der Waals surface area contributed by atoms with E-state index in [9.17, 15) is 14.7 Å². The third-order valence-electron chi connectivity index (χ3n) is 6.48. The number of hydrogen-bond acceptors (Lipinski definition) is 5. The molecule has 1 saturated carbocycles. The third kappa shape index (κ3) is 3.96. The van der Waals surface area contributed by atoms with Crippen LogP contribution in [-0.2, 0) is 4.79 Å². The number of ketones is 1. The van der Waals surface area contributed by atoms with Crippen LogP contribution >= 0.6 is 11.6 Å². The van der Waals surface area contributed by atoms with E-state index < -0.39 is 23.5 Å². The highest BCUT2D eigenvalue weighted by Gasteiger charge is 2.47. The molecule has 1 atom stereocenters. The largest absolute Gasteiger partial charge is 0.503 e. The molecule has 176 valence electrons. The fourth-order valence-electron chi connectivity index (χ4n) is 5.00. The highest BCUT2D eigenvalue weighted by atomic mass is 35.5. The smallest absolute Gasteiger partial charge is 0.290 e. The summed E-state index contributed by atoms with van der Waals surface area (Å²) in [6, 6.07) is 13.3. The van der Waals surface area contributed by atoms with Crippen molar-refractivity contribution in [3.63, 3.8) is 0 Å². The summed E-state index contributed by atoms with van der Waals surface area (Å²) < 4.78 is 11.5. The monoisotopic (exact) mass is 479 g/mol. The average molecular weight is 480 g/mol. The Morgan fingerprint density at radius 3 is 2.50 bits per heavy atom. The second-order valence-corrected chi connectivity index (χ2v) is 9.61. The number of Topliss-reactive ketones (excluding diaryl/α,β-unsaturated/α-hetero) is 1. The van der Waals surface area contributed by atoms with Gasteiger partial charge >= 0.3 is 0 Å². The molecule has 0 radical (unpaired) electrons. The van der Waals surface area contributed by atoms with Gasteiger partial charge in [0.2, 0.25) is 5.78 Å². The van der Waals surface area contributed by atoms with Crippen LogP contribution in [0, 0.1) is 0 Å². The van der Waals surface area contributed by atoms with Crippen molar-refractivity contribution in [2.75, 3.05) is 0 Å². The van der Waals surface area contributed by atoms with E-state index in [2.05, 4.69) is 0 Å². The lowest BCUT2D eigenvalue weighted by atomic mass is 9.94. The number of nitrogens with zero attached hydrogens (tertiary/aromatic N) is 1. The maximum Gasteiger partial charge on any atom is 0.290 e. The van der Waals surface area contributed by atoms with Gasteiger partial charge in [-0.25, -0.2) is 0 Å². The zero-order valence-electron chi connectivity index (χ0n) is 19.1. The summed E-state index contributed by atoms with van der Waals surface area (Å²) in [6.45, 7) is 3.90. The maximum absolute atomic E-state index is 13.7. The van der Waals surface area contributed by atoms with Crippen LogP contribution < -0.4 is 4.74 Å². The molecule has 6 nitrogen and oxygen atoms in total. The topological polar surface area (TPSA) is 80.0 Å². The molecule has 2 aliphatic rings. The molecule has 1 unspecified atom stereocenters. The number of rotatable bonds is 6. The molecule has 0 spiro atoms. The molecular formula is C27H26ClNO5. The predicted octanol–water partition coefficient (Wildman–Crippen LogP) is 6.39. The number of carbonyl (C=O) groups excluding carboxylic acids is 2. The van der Waals surface area contributed by atoms with Gasteiger partial charge in [0.05, 0.1) is 17.7 Å². The fraction of sp³-hybridized carbons (Fsp3) is 0.333. The molecule has 0 bridgehead atoms. The van der Waals surface area contributed by atoms with Crippen molar-refractivity contribution in [1.29, 1.82) is 0 Å². The van der Waals surface area contributed by atoms with Crippen LogP contribution in [0.5, 0.6) is 5.75 Å². The highest BCUT2D eigenvalue weighted by Crippen LogP contribution is 2.44. The summed E-state index contributed by atoms with van der Waals surface area (Å²) in [4.78, 5) is 28.6. The van der Waals surface area contributed by atoms with Crippen LogP contribution in [0.15, 0.2) is 64.3 Å². The van der Waals surface area contributed by atoms with E-state index in [4.69, 9.17) is 20.8 Å². The maximum atomic E-state index is 13.7. The van der Waals surface area contributed by atoms with Crippen molar-refractivity contribution in [3.05, 3.63) is 76.2 Å². The van der Waals surface area contributed by atoms with Crippen molar-refractivity contribution in [2.45, 2.75) is 57.7 Å². The number of halogens is 1. The lowest BCUT2D eigenvalue weighted by Crippen LogP contribution is -2.38. The molecule has 2 aromatic carbocycles. The molecule has 5 rings (SSSR count). The molecule has 2 heterocycles. The number of furan rings is 1. The SMILES string of the molecule is CC(C)Oc1ccc(C2C(C(=O)c3cc4cc(Cl)ccc4o3)=C(O)C(=O)N2C2CCCC2)cc1. The van der Waals surface area contributed by atoms with Crippen LogP contribution in [0.4, 0.5) is 0 Å². The summed E-state index contributed by atoms with van der Waals surface area (Å²) in [5, 5.41) is 12.1. The van der Waals surface area contributed by atoms with Crippen LogP contribution in [0.3, 0.4) is 0 Å². The van der Waals surface area contributed by atoms with E-state index in [0.717, 1.165) is 31.2 Å². The Bertz CT molecular complexity index is 1280. The summed E-state index contributed by atoms with van der Waals surface area (Å²) in [5.41, 5.74) is 1.29. The Hall–Kier alpha value is -3.25. The predicted molar refractivity (Wildman–Crippen MR) is 129 cm³/mol. The molecular weight excluding hydrogens is 454 g/mol. The minimum atomic E-state index is -0.701. The third-order valence-corrected chi connectivity index (χ3v) is 6.71. The zero-order chi connectivity index (χ0) is 24.0. The zero-order valence-corrected chi connectivity index (χ0v) is 19.8. The van der Waals surface area contributed by atoms with Crippen LogP contribution in [0.25, 0.3) is 11.0 Å². The molecule has 1 fully saturated rings. The number of aliphatic hydroxyl groups is 1. The van der Waals surface area contributed by atoms with E-state index in [1.54, 1.807) is 29.2 Å². The molecule has 1 aromatic heterocycles. The second-order valence-electron chi connectivity index (χ2n) is 9.17. The van der Waals surface area contributed by atoms with Crippen LogP contribution in [0.1, 0.15) is 61.7 Å². The summed E-state index contributed by atoms with van der Waals surface area (Å²) in [6.07, 6.45) is 3.73. The standard InChI is InChI=1S/C27H26ClNO5/c1-15(2)33-20-10-7-16(8-11-20)24-23(26(31)27(32)29(24)19-5-3-4-6-19)25(30)22-14-17-13-18(28)9-12-21(17)34-22/h7-15,19,24,31H,3-6H2,1-2H3.